The fourth-order valence-electron chi connectivity index (χ4n) is 1.38. The van der Waals surface area contributed by atoms with Crippen LogP contribution in [-0.2, 0) is 0 Å². The van der Waals surface area contributed by atoms with Gasteiger partial charge in [-0.1, -0.05) is 17.8 Å². The average Bonchev–Trinajstić information content (AvgIpc) is 2.60. The molecule has 1 aromatic heterocycles. The topological polar surface area (TPSA) is 28.7 Å². The number of nitrogens with one attached hydrogen (secondary N) is 1. The van der Waals surface area contributed by atoms with Gasteiger partial charge in [0.05, 0.1) is 11.0 Å². The van der Waals surface area contributed by atoms with Gasteiger partial charge in [0.2, 0.25) is 0 Å². The molecule has 1 N–H and O–H groups in total. The molecule has 0 amide bonds. The van der Waals surface area contributed by atoms with Crippen LogP contribution < -0.4 is 0 Å². The number of benzene rings is 1. The van der Waals surface area contributed by atoms with Crippen LogP contribution in [0.4, 0.5) is 0 Å². The van der Waals surface area contributed by atoms with Gasteiger partial charge in [-0.3, -0.25) is 0 Å². The first kappa shape index (κ1) is 10.1. The van der Waals surface area contributed by atoms with Gasteiger partial charge in [-0.05, 0) is 24.6 Å². The first-order valence-electron chi connectivity index (χ1n) is 4.82. The third kappa shape index (κ3) is 2.34. The van der Waals surface area contributed by atoms with Crippen LogP contribution in [0, 0.1) is 19.3 Å². The average molecular weight is 216 g/mol. The third-order valence-electron chi connectivity index (χ3n) is 2.10. The van der Waals surface area contributed by atoms with Crippen molar-refractivity contribution in [2.75, 3.05) is 5.75 Å². The van der Waals surface area contributed by atoms with E-state index in [1.165, 1.54) is 5.56 Å². The van der Waals surface area contributed by atoms with Crippen molar-refractivity contribution in [3.05, 3.63) is 23.8 Å². The number of terminal acetylenes is 1. The maximum atomic E-state index is 5.19. The molecule has 1 aromatic carbocycles. The van der Waals surface area contributed by atoms with Gasteiger partial charge in [-0.2, -0.15) is 0 Å². The minimum absolute atomic E-state index is 0.779. The van der Waals surface area contributed by atoms with Crippen LogP contribution in [0.25, 0.3) is 11.0 Å². The van der Waals surface area contributed by atoms with Crippen LogP contribution in [0.1, 0.15) is 12.0 Å². The lowest BCUT2D eigenvalue weighted by Gasteiger charge is -1.90. The second kappa shape index (κ2) is 4.41. The molecular formula is C12H12N2S. The summed E-state index contributed by atoms with van der Waals surface area (Å²) in [4.78, 5) is 7.74. The fourth-order valence-corrected chi connectivity index (χ4v) is 2.13. The van der Waals surface area contributed by atoms with E-state index in [0.717, 1.165) is 28.4 Å². The molecule has 0 atom stereocenters. The molecule has 0 saturated heterocycles. The molecule has 3 heteroatoms. The van der Waals surface area contributed by atoms with Crippen molar-refractivity contribution in [1.29, 1.82) is 0 Å². The van der Waals surface area contributed by atoms with Gasteiger partial charge in [-0.15, -0.1) is 12.3 Å². The second-order valence-electron chi connectivity index (χ2n) is 3.37. The molecule has 0 unspecified atom stereocenters. The molecule has 0 fully saturated rings. The summed E-state index contributed by atoms with van der Waals surface area (Å²) in [7, 11) is 0. The predicted octanol–water partition coefficient (Wildman–Crippen LogP) is 2.99. The number of fused-ring (bicyclic) bond motifs is 1. The van der Waals surface area contributed by atoms with Gasteiger partial charge in [0.25, 0.3) is 0 Å². The summed E-state index contributed by atoms with van der Waals surface area (Å²) in [5.41, 5.74) is 3.35. The molecule has 2 aromatic rings. The highest BCUT2D eigenvalue weighted by Crippen LogP contribution is 2.20. The van der Waals surface area contributed by atoms with Crippen LogP contribution in [0.15, 0.2) is 23.4 Å². The number of aromatic amines is 1. The Morgan fingerprint density at radius 1 is 1.53 bits per heavy atom. The zero-order valence-electron chi connectivity index (χ0n) is 8.58. The Kier molecular flexibility index (Phi) is 2.98. The lowest BCUT2D eigenvalue weighted by atomic mass is 10.2. The van der Waals surface area contributed by atoms with Crippen LogP contribution in [0.3, 0.4) is 0 Å². The van der Waals surface area contributed by atoms with Crippen LogP contribution in [0.2, 0.25) is 0 Å². The van der Waals surface area contributed by atoms with Crippen molar-refractivity contribution in [3.63, 3.8) is 0 Å². The number of rotatable bonds is 3. The number of nitrogens with zero attached hydrogens (tertiary/aromatic N) is 1. The summed E-state index contributed by atoms with van der Waals surface area (Å²) in [5.74, 6) is 3.53. The number of imidazole rings is 1. The summed E-state index contributed by atoms with van der Waals surface area (Å²) in [5, 5.41) is 0.950. The molecule has 0 spiro atoms. The Hall–Kier alpha value is -1.40. The van der Waals surface area contributed by atoms with Crippen molar-refractivity contribution >= 4 is 22.8 Å². The first-order valence-corrected chi connectivity index (χ1v) is 5.81. The van der Waals surface area contributed by atoms with E-state index in [2.05, 4.69) is 34.9 Å². The fraction of sp³-hybridized carbons (Fsp3) is 0.250. The highest BCUT2D eigenvalue weighted by Gasteiger charge is 2.02. The van der Waals surface area contributed by atoms with Gasteiger partial charge in [0, 0.05) is 12.2 Å². The van der Waals surface area contributed by atoms with Crippen molar-refractivity contribution in [2.24, 2.45) is 0 Å². The number of hydrogen-bond donors (Lipinski definition) is 1. The van der Waals surface area contributed by atoms with Gasteiger partial charge in [-0.25, -0.2) is 4.98 Å². The first-order chi connectivity index (χ1) is 7.29. The zero-order valence-corrected chi connectivity index (χ0v) is 9.40. The lowest BCUT2D eigenvalue weighted by molar-refractivity contribution is 1.08. The number of hydrogen-bond acceptors (Lipinski definition) is 2. The van der Waals surface area contributed by atoms with E-state index in [-0.39, 0.29) is 0 Å². The summed E-state index contributed by atoms with van der Waals surface area (Å²) in [6.07, 6.45) is 5.97. The van der Waals surface area contributed by atoms with E-state index in [0.29, 0.717) is 0 Å². The molecule has 0 radical (unpaired) electrons. The van der Waals surface area contributed by atoms with E-state index in [4.69, 9.17) is 6.42 Å². The second-order valence-corrected chi connectivity index (χ2v) is 4.45. The van der Waals surface area contributed by atoms with Crippen molar-refractivity contribution in [3.8, 4) is 12.3 Å². The summed E-state index contributed by atoms with van der Waals surface area (Å²) < 4.78 is 0. The molecule has 15 heavy (non-hydrogen) atoms. The molecular weight excluding hydrogens is 204 g/mol. The molecule has 2 nitrogen and oxygen atoms in total. The quantitative estimate of drug-likeness (QED) is 0.485. The van der Waals surface area contributed by atoms with E-state index in [9.17, 15) is 0 Å². The molecule has 1 heterocycles. The number of aryl methyl sites for hydroxylation is 1. The smallest absolute Gasteiger partial charge is 0.166 e. The Morgan fingerprint density at radius 3 is 3.20 bits per heavy atom. The maximum absolute atomic E-state index is 5.19. The zero-order chi connectivity index (χ0) is 10.7. The van der Waals surface area contributed by atoms with Gasteiger partial charge in [0.15, 0.2) is 5.16 Å². The molecule has 0 saturated carbocycles. The number of H-pyrrole nitrogens is 1. The van der Waals surface area contributed by atoms with Crippen LogP contribution in [-0.4, -0.2) is 15.7 Å². The SMILES string of the molecule is C#CCCSc1nc2ccc(C)cc2[nH]1. The highest BCUT2D eigenvalue weighted by atomic mass is 32.2. The normalized spacial score (nSPS) is 10.4. The largest absolute Gasteiger partial charge is 0.333 e. The van der Waals surface area contributed by atoms with Gasteiger partial charge < -0.3 is 4.98 Å². The van der Waals surface area contributed by atoms with E-state index in [1.807, 2.05) is 6.07 Å². The Morgan fingerprint density at radius 2 is 2.40 bits per heavy atom. The van der Waals surface area contributed by atoms with Gasteiger partial charge >= 0.3 is 0 Å². The number of aromatic nitrogens is 2. The molecule has 0 aliphatic rings. The molecule has 0 aliphatic heterocycles. The van der Waals surface area contributed by atoms with Crippen molar-refractivity contribution < 1.29 is 0 Å². The standard InChI is InChI=1S/C12H12N2S/c1-3-4-7-15-12-13-10-6-5-9(2)8-11(10)14-12/h1,5-6,8H,4,7H2,2H3,(H,13,14). The molecule has 0 bridgehead atoms. The summed E-state index contributed by atoms with van der Waals surface area (Å²) >= 11 is 1.67. The molecule has 2 rings (SSSR count). The Labute approximate surface area is 93.5 Å². The predicted molar refractivity (Wildman–Crippen MR) is 65.0 cm³/mol. The van der Waals surface area contributed by atoms with E-state index in [1.54, 1.807) is 11.8 Å². The summed E-state index contributed by atoms with van der Waals surface area (Å²) in [6.45, 7) is 2.07. The number of thioether (sulfide) groups is 1. The minimum atomic E-state index is 0.779. The Bertz CT molecular complexity index is 508. The molecule has 76 valence electrons. The third-order valence-corrected chi connectivity index (χ3v) is 2.98. The van der Waals surface area contributed by atoms with Crippen molar-refractivity contribution in [1.82, 2.24) is 9.97 Å². The maximum Gasteiger partial charge on any atom is 0.166 e. The highest BCUT2D eigenvalue weighted by molar-refractivity contribution is 7.99. The van der Waals surface area contributed by atoms with Crippen LogP contribution in [0.5, 0.6) is 0 Å². The van der Waals surface area contributed by atoms with E-state index < -0.39 is 0 Å². The summed E-state index contributed by atoms with van der Waals surface area (Å²) in [6, 6.07) is 6.21. The Balaban J connectivity index is 2.20. The van der Waals surface area contributed by atoms with E-state index >= 15 is 0 Å². The van der Waals surface area contributed by atoms with Crippen LogP contribution >= 0.6 is 11.8 Å². The minimum Gasteiger partial charge on any atom is -0.333 e. The van der Waals surface area contributed by atoms with Gasteiger partial charge in [0.1, 0.15) is 0 Å². The lowest BCUT2D eigenvalue weighted by Crippen LogP contribution is -1.78. The van der Waals surface area contributed by atoms with Crippen molar-refractivity contribution in [2.45, 2.75) is 18.5 Å². The molecule has 0 aliphatic carbocycles. The monoisotopic (exact) mass is 216 g/mol.